The summed E-state index contributed by atoms with van der Waals surface area (Å²) in [5.41, 5.74) is 0.930. The first kappa shape index (κ1) is 31.3. The third-order valence-electron chi connectivity index (χ3n) is 6.29. The Bertz CT molecular complexity index is 1400. The van der Waals surface area contributed by atoms with Crippen molar-refractivity contribution in [3.63, 3.8) is 0 Å². The molecule has 0 saturated carbocycles. The topological polar surface area (TPSA) is 96.0 Å². The predicted octanol–water partition coefficient (Wildman–Crippen LogP) is 5.21. The van der Waals surface area contributed by atoms with E-state index in [1.54, 1.807) is 67.6 Å². The Hall–Kier alpha value is -3.21. The number of thioether (sulfide) groups is 1. The van der Waals surface area contributed by atoms with Gasteiger partial charge in [0, 0.05) is 23.5 Å². The molecule has 2 amide bonds. The van der Waals surface area contributed by atoms with Crippen molar-refractivity contribution in [2.24, 2.45) is 0 Å². The standard InChI is InChI=1S/C29H34ClN3O5S2/c1-5-27(29(35)31-3)32(19-21-9-7-8-10-26(21)30)28(34)20-33(22-11-13-23(14-12-22)38-6-2)40(36,37)25-17-15-24(39-4)16-18-25/h7-18,27H,5-6,19-20H2,1-4H3,(H,31,35)/t27-/m1/s1. The molecule has 3 aromatic carbocycles. The van der Waals surface area contributed by atoms with Gasteiger partial charge >= 0.3 is 0 Å². The van der Waals surface area contributed by atoms with Crippen LogP contribution in [0.4, 0.5) is 5.69 Å². The average Bonchev–Trinajstić information content (AvgIpc) is 2.97. The van der Waals surface area contributed by atoms with Crippen molar-refractivity contribution in [2.75, 3.05) is 30.8 Å². The van der Waals surface area contributed by atoms with Crippen molar-refractivity contribution in [2.45, 2.75) is 42.6 Å². The van der Waals surface area contributed by atoms with Gasteiger partial charge in [-0.15, -0.1) is 11.8 Å². The molecule has 3 rings (SSSR count). The first-order valence-corrected chi connectivity index (χ1v) is 15.8. The van der Waals surface area contributed by atoms with E-state index in [9.17, 15) is 18.0 Å². The highest BCUT2D eigenvalue weighted by atomic mass is 35.5. The van der Waals surface area contributed by atoms with E-state index in [4.69, 9.17) is 16.3 Å². The van der Waals surface area contributed by atoms with Crippen LogP contribution in [-0.2, 0) is 26.2 Å². The monoisotopic (exact) mass is 603 g/mol. The molecule has 1 atom stereocenters. The molecule has 0 bridgehead atoms. The number of likely N-dealkylation sites (N-methyl/N-ethyl adjacent to an activating group) is 1. The maximum atomic E-state index is 14.0. The second-order valence-corrected chi connectivity index (χ2v) is 11.9. The molecule has 214 valence electrons. The highest BCUT2D eigenvalue weighted by Crippen LogP contribution is 2.28. The number of amides is 2. The average molecular weight is 604 g/mol. The van der Waals surface area contributed by atoms with Gasteiger partial charge in [0.15, 0.2) is 0 Å². The van der Waals surface area contributed by atoms with Crippen LogP contribution in [0.3, 0.4) is 0 Å². The summed E-state index contributed by atoms with van der Waals surface area (Å²) in [7, 11) is -2.66. The van der Waals surface area contributed by atoms with Crippen molar-refractivity contribution < 1.29 is 22.7 Å². The normalized spacial score (nSPS) is 11.9. The molecular weight excluding hydrogens is 570 g/mol. The summed E-state index contributed by atoms with van der Waals surface area (Å²) >= 11 is 7.89. The summed E-state index contributed by atoms with van der Waals surface area (Å²) in [6.45, 7) is 3.60. The quantitative estimate of drug-likeness (QED) is 0.270. The van der Waals surface area contributed by atoms with Crippen LogP contribution < -0.4 is 14.4 Å². The van der Waals surface area contributed by atoms with Crippen LogP contribution in [0.1, 0.15) is 25.8 Å². The molecule has 0 radical (unpaired) electrons. The largest absolute Gasteiger partial charge is 0.494 e. The van der Waals surface area contributed by atoms with Crippen molar-refractivity contribution in [1.82, 2.24) is 10.2 Å². The van der Waals surface area contributed by atoms with E-state index in [0.29, 0.717) is 29.4 Å². The van der Waals surface area contributed by atoms with E-state index < -0.39 is 28.5 Å². The van der Waals surface area contributed by atoms with Gasteiger partial charge < -0.3 is 15.0 Å². The first-order valence-electron chi connectivity index (χ1n) is 12.8. The van der Waals surface area contributed by atoms with E-state index in [1.807, 2.05) is 13.2 Å². The minimum atomic E-state index is -4.16. The third-order valence-corrected chi connectivity index (χ3v) is 9.19. The van der Waals surface area contributed by atoms with Crippen molar-refractivity contribution >= 4 is 50.9 Å². The summed E-state index contributed by atoms with van der Waals surface area (Å²) in [5.74, 6) is -0.329. The number of hydrogen-bond donors (Lipinski definition) is 1. The van der Waals surface area contributed by atoms with Crippen LogP contribution in [0.5, 0.6) is 5.75 Å². The van der Waals surface area contributed by atoms with Crippen LogP contribution in [0.25, 0.3) is 0 Å². The molecule has 3 aromatic rings. The third kappa shape index (κ3) is 7.50. The summed E-state index contributed by atoms with van der Waals surface area (Å²) < 4.78 is 34.5. The summed E-state index contributed by atoms with van der Waals surface area (Å²) in [5, 5.41) is 3.05. The van der Waals surface area contributed by atoms with E-state index in [2.05, 4.69) is 5.32 Å². The molecule has 0 aromatic heterocycles. The van der Waals surface area contributed by atoms with E-state index in [0.717, 1.165) is 9.20 Å². The molecule has 11 heteroatoms. The molecule has 0 unspecified atom stereocenters. The molecule has 8 nitrogen and oxygen atoms in total. The Morgan fingerprint density at radius 3 is 2.20 bits per heavy atom. The van der Waals surface area contributed by atoms with Gasteiger partial charge in [-0.25, -0.2) is 8.42 Å². The van der Waals surface area contributed by atoms with Gasteiger partial charge in [0.1, 0.15) is 18.3 Å². The lowest BCUT2D eigenvalue weighted by Crippen LogP contribution is -2.51. The minimum absolute atomic E-state index is 0.0318. The van der Waals surface area contributed by atoms with Gasteiger partial charge in [-0.1, -0.05) is 36.7 Å². The second kappa shape index (κ2) is 14.4. The summed E-state index contributed by atoms with van der Waals surface area (Å²) in [4.78, 5) is 29.1. The Kier molecular flexibility index (Phi) is 11.3. The highest BCUT2D eigenvalue weighted by Gasteiger charge is 2.33. The number of carbonyl (C=O) groups excluding carboxylic acids is 2. The number of sulfonamides is 1. The number of carbonyl (C=O) groups is 2. The van der Waals surface area contributed by atoms with Gasteiger partial charge in [-0.2, -0.15) is 0 Å². The number of nitrogens with zero attached hydrogens (tertiary/aromatic N) is 2. The van der Waals surface area contributed by atoms with Crippen LogP contribution in [0.2, 0.25) is 5.02 Å². The number of rotatable bonds is 13. The Morgan fingerprint density at radius 1 is 1.00 bits per heavy atom. The van der Waals surface area contributed by atoms with Crippen molar-refractivity contribution in [3.05, 3.63) is 83.4 Å². The zero-order valence-corrected chi connectivity index (χ0v) is 25.4. The van der Waals surface area contributed by atoms with E-state index in [1.165, 1.54) is 35.8 Å². The predicted molar refractivity (Wildman–Crippen MR) is 161 cm³/mol. The van der Waals surface area contributed by atoms with Gasteiger partial charge in [-0.3, -0.25) is 13.9 Å². The molecule has 0 aliphatic rings. The lowest BCUT2D eigenvalue weighted by atomic mass is 10.1. The fourth-order valence-corrected chi connectivity index (χ4v) is 6.19. The van der Waals surface area contributed by atoms with Crippen LogP contribution in [-0.4, -0.2) is 57.6 Å². The fraction of sp³-hybridized carbons (Fsp3) is 0.310. The molecule has 0 fully saturated rings. The number of anilines is 1. The zero-order valence-electron chi connectivity index (χ0n) is 23.0. The summed E-state index contributed by atoms with van der Waals surface area (Å²) in [6.07, 6.45) is 2.22. The van der Waals surface area contributed by atoms with Gasteiger partial charge in [0.25, 0.3) is 10.0 Å². The molecule has 0 aliphatic carbocycles. The SMILES string of the molecule is CCOc1ccc(N(CC(=O)N(Cc2ccccc2Cl)[C@H](CC)C(=O)NC)S(=O)(=O)c2ccc(SC)cc2)cc1. The maximum Gasteiger partial charge on any atom is 0.264 e. The maximum absolute atomic E-state index is 14.0. The molecular formula is C29H34ClN3O5S2. The Morgan fingerprint density at radius 2 is 1.65 bits per heavy atom. The van der Waals surface area contributed by atoms with Gasteiger partial charge in [0.2, 0.25) is 11.8 Å². The smallest absolute Gasteiger partial charge is 0.264 e. The Balaban J connectivity index is 2.07. The molecule has 40 heavy (non-hydrogen) atoms. The van der Waals surface area contributed by atoms with E-state index in [-0.39, 0.29) is 23.0 Å². The second-order valence-electron chi connectivity index (χ2n) is 8.77. The number of ether oxygens (including phenoxy) is 1. The van der Waals surface area contributed by atoms with E-state index >= 15 is 0 Å². The summed E-state index contributed by atoms with van der Waals surface area (Å²) in [6, 6.07) is 19.2. The number of benzene rings is 3. The van der Waals surface area contributed by atoms with Crippen molar-refractivity contribution in [1.29, 1.82) is 0 Å². The molecule has 0 aliphatic heterocycles. The Labute approximate surface area is 245 Å². The lowest BCUT2D eigenvalue weighted by Gasteiger charge is -2.33. The first-order chi connectivity index (χ1) is 19.2. The number of nitrogens with one attached hydrogen (secondary N) is 1. The minimum Gasteiger partial charge on any atom is -0.494 e. The van der Waals surface area contributed by atoms with Crippen LogP contribution in [0.15, 0.2) is 82.6 Å². The molecule has 1 N–H and O–H groups in total. The van der Waals surface area contributed by atoms with Gasteiger partial charge in [0.05, 0.1) is 17.2 Å². The van der Waals surface area contributed by atoms with Crippen LogP contribution in [0, 0.1) is 0 Å². The van der Waals surface area contributed by atoms with Gasteiger partial charge in [-0.05, 0) is 79.8 Å². The van der Waals surface area contributed by atoms with Crippen LogP contribution >= 0.6 is 23.4 Å². The molecule has 0 saturated heterocycles. The number of halogens is 1. The molecule has 0 heterocycles. The number of hydrogen-bond acceptors (Lipinski definition) is 6. The molecule has 0 spiro atoms. The van der Waals surface area contributed by atoms with Crippen molar-refractivity contribution in [3.8, 4) is 5.75 Å². The zero-order chi connectivity index (χ0) is 29.3. The fourth-order valence-electron chi connectivity index (χ4n) is 4.18. The highest BCUT2D eigenvalue weighted by molar-refractivity contribution is 7.98. The lowest BCUT2D eigenvalue weighted by molar-refractivity contribution is -0.140.